The third-order valence-corrected chi connectivity index (χ3v) is 6.23. The van der Waals surface area contributed by atoms with Crippen molar-refractivity contribution in [3.63, 3.8) is 0 Å². The highest BCUT2D eigenvalue weighted by Crippen LogP contribution is 2.36. The van der Waals surface area contributed by atoms with Gasteiger partial charge in [-0.1, -0.05) is 20.8 Å². The number of hydrogen-bond donors (Lipinski definition) is 5. The minimum Gasteiger partial charge on any atom is -0.440 e. The lowest BCUT2D eigenvalue weighted by Crippen LogP contribution is -2.64. The van der Waals surface area contributed by atoms with Crippen LogP contribution in [0.5, 0.6) is 0 Å². The summed E-state index contributed by atoms with van der Waals surface area (Å²) < 4.78 is 69.9. The van der Waals surface area contributed by atoms with Crippen LogP contribution in [0.4, 0.5) is 27.6 Å². The Balaban J connectivity index is 1.86. The molecule has 1 fully saturated rings. The number of amidine groups is 1. The van der Waals surface area contributed by atoms with E-state index in [0.717, 1.165) is 11.1 Å². The van der Waals surface area contributed by atoms with E-state index in [-0.39, 0.29) is 18.9 Å². The highest BCUT2D eigenvalue weighted by Gasteiger charge is 2.48. The van der Waals surface area contributed by atoms with Crippen molar-refractivity contribution in [1.29, 1.82) is 5.41 Å². The van der Waals surface area contributed by atoms with E-state index in [1.807, 2.05) is 27.7 Å². The third kappa shape index (κ3) is 6.33. The average Bonchev–Trinajstić information content (AvgIpc) is 2.73. The summed E-state index contributed by atoms with van der Waals surface area (Å²) in [5, 5.41) is 17.0. The molecule has 1 aromatic carbocycles. The molecular formula is C24H33F5N6O. The van der Waals surface area contributed by atoms with Gasteiger partial charge in [-0.05, 0) is 61.6 Å². The zero-order valence-corrected chi connectivity index (χ0v) is 20.9. The Morgan fingerprint density at radius 3 is 2.39 bits per heavy atom. The molecule has 36 heavy (non-hydrogen) atoms. The first kappa shape index (κ1) is 27.9. The van der Waals surface area contributed by atoms with Crippen molar-refractivity contribution in [2.75, 3.05) is 18.9 Å². The van der Waals surface area contributed by atoms with Gasteiger partial charge in [-0.15, -0.1) is 0 Å². The van der Waals surface area contributed by atoms with Crippen molar-refractivity contribution < 1.29 is 26.7 Å². The second-order valence-electron chi connectivity index (χ2n) is 10.4. The van der Waals surface area contributed by atoms with Gasteiger partial charge in [0.25, 0.3) is 12.4 Å². The normalized spacial score (nSPS) is 21.3. The molecule has 0 amide bonds. The summed E-state index contributed by atoms with van der Waals surface area (Å²) in [5.41, 5.74) is 6.57. The Kier molecular flexibility index (Phi) is 7.71. The molecule has 1 atom stereocenters. The molecule has 0 spiro atoms. The van der Waals surface area contributed by atoms with Crippen molar-refractivity contribution in [3.05, 3.63) is 35.0 Å². The van der Waals surface area contributed by atoms with Gasteiger partial charge in [0.05, 0.1) is 16.7 Å². The van der Waals surface area contributed by atoms with Gasteiger partial charge in [-0.25, -0.2) is 13.8 Å². The molecule has 3 rings (SSSR count). The number of nitrogens with zero attached hydrogens (tertiary/aromatic N) is 1. The minimum absolute atomic E-state index is 0.0214. The maximum atomic E-state index is 13.0. The van der Waals surface area contributed by atoms with Gasteiger partial charge in [0.15, 0.2) is 6.23 Å². The van der Waals surface area contributed by atoms with Crippen LogP contribution in [0.3, 0.4) is 0 Å². The lowest BCUT2D eigenvalue weighted by molar-refractivity contribution is -0.115. The van der Waals surface area contributed by atoms with Crippen LogP contribution < -0.4 is 21.7 Å². The number of nitrogens with one attached hydrogen (secondary N) is 4. The smallest absolute Gasteiger partial charge is 0.405 e. The summed E-state index contributed by atoms with van der Waals surface area (Å²) >= 11 is 0. The predicted octanol–water partition coefficient (Wildman–Crippen LogP) is 4.70. The zero-order valence-electron chi connectivity index (χ0n) is 20.9. The quantitative estimate of drug-likeness (QED) is 0.158. The number of hydrogen-bond acceptors (Lipinski definition) is 6. The van der Waals surface area contributed by atoms with Crippen molar-refractivity contribution in [1.82, 2.24) is 15.6 Å². The van der Waals surface area contributed by atoms with Crippen LogP contribution in [-0.4, -0.2) is 48.8 Å². The van der Waals surface area contributed by atoms with Gasteiger partial charge in [0.1, 0.15) is 6.54 Å². The third-order valence-electron chi connectivity index (χ3n) is 6.23. The number of anilines is 1. The number of halogens is 5. The SMILES string of the molecule is CNC(OC(=N)N[C@H]1C[C@](N)(C(F)F)C1)c1cc(C)c2cc(NCC(F)(F)F)cc(C(C)(C)C)c2n1. The molecule has 1 heterocycles. The Morgan fingerprint density at radius 1 is 1.22 bits per heavy atom. The average molecular weight is 517 g/mol. The van der Waals surface area contributed by atoms with E-state index in [2.05, 4.69) is 16.0 Å². The topological polar surface area (TPSA) is 108 Å². The molecule has 6 N–H and O–H groups in total. The van der Waals surface area contributed by atoms with E-state index < -0.39 is 42.4 Å². The number of ether oxygens (including phenoxy) is 1. The van der Waals surface area contributed by atoms with E-state index in [1.54, 1.807) is 25.2 Å². The van der Waals surface area contributed by atoms with Crippen LogP contribution in [0, 0.1) is 12.3 Å². The van der Waals surface area contributed by atoms with E-state index in [1.165, 1.54) is 0 Å². The number of rotatable bonds is 7. The Morgan fingerprint density at radius 2 is 1.86 bits per heavy atom. The fraction of sp³-hybridized carbons (Fsp3) is 0.583. The monoisotopic (exact) mass is 516 g/mol. The fourth-order valence-electron chi connectivity index (χ4n) is 4.27. The lowest BCUT2D eigenvalue weighted by atomic mass is 9.74. The minimum atomic E-state index is -4.35. The van der Waals surface area contributed by atoms with Gasteiger partial charge in [0.2, 0.25) is 0 Å². The van der Waals surface area contributed by atoms with E-state index >= 15 is 0 Å². The van der Waals surface area contributed by atoms with E-state index in [9.17, 15) is 22.0 Å². The van der Waals surface area contributed by atoms with Crippen molar-refractivity contribution >= 4 is 22.6 Å². The molecule has 200 valence electrons. The summed E-state index contributed by atoms with van der Waals surface area (Å²) in [7, 11) is 1.62. The van der Waals surface area contributed by atoms with E-state index in [0.29, 0.717) is 22.3 Å². The summed E-state index contributed by atoms with van der Waals surface area (Å²) in [6, 6.07) is 4.34. The number of aryl methyl sites for hydroxylation is 1. The van der Waals surface area contributed by atoms with Crippen LogP contribution in [0.25, 0.3) is 10.9 Å². The number of fused-ring (bicyclic) bond motifs is 1. The molecule has 1 unspecified atom stereocenters. The highest BCUT2D eigenvalue weighted by atomic mass is 19.4. The van der Waals surface area contributed by atoms with Gasteiger partial charge >= 0.3 is 6.18 Å². The van der Waals surface area contributed by atoms with Crippen LogP contribution in [0.15, 0.2) is 18.2 Å². The number of pyridine rings is 1. The van der Waals surface area contributed by atoms with Crippen LogP contribution >= 0.6 is 0 Å². The molecule has 1 aliphatic rings. The molecule has 12 heteroatoms. The van der Waals surface area contributed by atoms with Gasteiger partial charge in [0, 0.05) is 17.1 Å². The standard InChI is InChI=1S/C24H33F5N6O/c1-12-6-17(19(32-5)36-21(30)34-14-9-23(31,10-14)20(25)26)35-18-15(12)7-13(33-11-24(27,28)29)8-16(18)22(2,3)4/h6-8,14,19-20,32-33H,9-11,31H2,1-5H3,(H2,30,34)/t14-,19?,23+. The maximum absolute atomic E-state index is 13.0. The highest BCUT2D eigenvalue weighted by molar-refractivity contribution is 5.89. The molecule has 0 saturated heterocycles. The second-order valence-corrected chi connectivity index (χ2v) is 10.4. The Labute approximate surface area is 206 Å². The fourth-order valence-corrected chi connectivity index (χ4v) is 4.27. The molecule has 7 nitrogen and oxygen atoms in total. The van der Waals surface area contributed by atoms with Crippen molar-refractivity contribution in [2.45, 2.75) is 76.4 Å². The Hall–Kier alpha value is -2.73. The first-order valence-electron chi connectivity index (χ1n) is 11.5. The molecule has 1 aliphatic carbocycles. The summed E-state index contributed by atoms with van der Waals surface area (Å²) in [5.74, 6) is 0. The molecule has 0 aliphatic heterocycles. The van der Waals surface area contributed by atoms with Crippen LogP contribution in [-0.2, 0) is 10.2 Å². The molecule has 2 aromatic rings. The Bertz CT molecular complexity index is 1110. The maximum Gasteiger partial charge on any atom is 0.405 e. The molecular weight excluding hydrogens is 483 g/mol. The summed E-state index contributed by atoms with van der Waals surface area (Å²) in [6.45, 7) is 6.50. The van der Waals surface area contributed by atoms with Gasteiger partial charge < -0.3 is 21.1 Å². The second kappa shape index (κ2) is 9.97. The lowest BCUT2D eigenvalue weighted by Gasteiger charge is -2.44. The molecule has 1 saturated carbocycles. The predicted molar refractivity (Wildman–Crippen MR) is 129 cm³/mol. The zero-order chi connectivity index (χ0) is 27.1. The van der Waals surface area contributed by atoms with Crippen LogP contribution in [0.1, 0.15) is 56.7 Å². The molecule has 0 radical (unpaired) electrons. The molecule has 1 aromatic heterocycles. The largest absolute Gasteiger partial charge is 0.440 e. The van der Waals surface area contributed by atoms with Crippen molar-refractivity contribution in [3.8, 4) is 0 Å². The van der Waals surface area contributed by atoms with Gasteiger partial charge in [-0.2, -0.15) is 13.2 Å². The van der Waals surface area contributed by atoms with Crippen LogP contribution in [0.2, 0.25) is 0 Å². The van der Waals surface area contributed by atoms with E-state index in [4.69, 9.17) is 20.9 Å². The summed E-state index contributed by atoms with van der Waals surface area (Å²) in [6.07, 6.45) is -7.78. The number of aromatic nitrogens is 1. The van der Waals surface area contributed by atoms with Crippen molar-refractivity contribution in [2.24, 2.45) is 5.73 Å². The first-order valence-corrected chi connectivity index (χ1v) is 11.5. The first-order chi connectivity index (χ1) is 16.5. The number of alkyl halides is 5. The van der Waals surface area contributed by atoms with Gasteiger partial charge in [-0.3, -0.25) is 10.7 Å². The number of nitrogens with two attached hydrogens (primary N) is 1. The summed E-state index contributed by atoms with van der Waals surface area (Å²) in [4.78, 5) is 4.76. The molecule has 0 bridgehead atoms. The number of benzene rings is 1.